The number of ether oxygens (including phenoxy) is 1. The third-order valence-electron chi connectivity index (χ3n) is 5.80. The highest BCUT2D eigenvalue weighted by atomic mass is 32.1. The number of thiocarbonyl (C=S) groups is 1. The molecule has 8 heteroatoms. The van der Waals surface area contributed by atoms with E-state index in [2.05, 4.69) is 28.2 Å². The molecule has 3 N–H and O–H groups in total. The number of rotatable bonds is 9. The number of fused-ring (bicyclic) bond motifs is 1. The van der Waals surface area contributed by atoms with E-state index < -0.39 is 0 Å². The number of hydrogen-bond donors (Lipinski definition) is 3. The number of aryl methyl sites for hydroxylation is 2. The van der Waals surface area contributed by atoms with Gasteiger partial charge in [0, 0.05) is 43.9 Å². The average Bonchev–Trinajstić information content (AvgIpc) is 2.76. The molecule has 0 amide bonds. The lowest BCUT2D eigenvalue weighted by molar-refractivity contribution is 0.0376. The van der Waals surface area contributed by atoms with Crippen LogP contribution in [0.25, 0.3) is 10.9 Å². The van der Waals surface area contributed by atoms with E-state index in [1.807, 2.05) is 24.0 Å². The van der Waals surface area contributed by atoms with Crippen molar-refractivity contribution in [3.8, 4) is 0 Å². The van der Waals surface area contributed by atoms with Crippen LogP contribution in [0.1, 0.15) is 29.5 Å². The number of nitrogens with zero attached hydrogens (tertiary/aromatic N) is 2. The van der Waals surface area contributed by atoms with Gasteiger partial charge in [-0.1, -0.05) is 0 Å². The summed E-state index contributed by atoms with van der Waals surface area (Å²) >= 11 is 5.62. The Morgan fingerprint density at radius 3 is 2.71 bits per heavy atom. The minimum atomic E-state index is -0.0973. The van der Waals surface area contributed by atoms with E-state index in [9.17, 15) is 9.90 Å². The van der Waals surface area contributed by atoms with E-state index in [1.165, 1.54) is 5.56 Å². The molecular weight excluding hydrogens is 412 g/mol. The van der Waals surface area contributed by atoms with E-state index in [4.69, 9.17) is 17.0 Å². The number of aromatic nitrogens is 1. The summed E-state index contributed by atoms with van der Waals surface area (Å²) in [5, 5.41) is 14.3. The Bertz CT molecular complexity index is 940. The molecule has 2 aromatic rings. The lowest BCUT2D eigenvalue weighted by Gasteiger charge is -2.28. The van der Waals surface area contributed by atoms with Gasteiger partial charge >= 0.3 is 0 Å². The van der Waals surface area contributed by atoms with Gasteiger partial charge in [-0.3, -0.25) is 9.69 Å². The predicted molar refractivity (Wildman–Crippen MR) is 129 cm³/mol. The predicted octanol–water partition coefficient (Wildman–Crippen LogP) is 1.93. The maximum absolute atomic E-state index is 12.7. The Labute approximate surface area is 189 Å². The van der Waals surface area contributed by atoms with Crippen molar-refractivity contribution < 1.29 is 9.84 Å². The minimum Gasteiger partial charge on any atom is -0.396 e. The summed E-state index contributed by atoms with van der Waals surface area (Å²) in [6.07, 6.45) is 1.59. The molecule has 3 rings (SSSR count). The molecule has 0 saturated carbocycles. The quantitative estimate of drug-likeness (QED) is 0.401. The van der Waals surface area contributed by atoms with Gasteiger partial charge in [-0.15, -0.1) is 0 Å². The lowest BCUT2D eigenvalue weighted by atomic mass is 10.0. The summed E-state index contributed by atoms with van der Waals surface area (Å²) < 4.78 is 5.39. The molecule has 170 valence electrons. The van der Waals surface area contributed by atoms with Crippen molar-refractivity contribution in [2.24, 2.45) is 0 Å². The van der Waals surface area contributed by atoms with Crippen LogP contribution in [0.5, 0.6) is 0 Å². The molecule has 31 heavy (non-hydrogen) atoms. The van der Waals surface area contributed by atoms with Crippen molar-refractivity contribution in [2.45, 2.75) is 33.2 Å². The van der Waals surface area contributed by atoms with E-state index in [-0.39, 0.29) is 12.2 Å². The first-order chi connectivity index (χ1) is 15.0. The van der Waals surface area contributed by atoms with Gasteiger partial charge in [-0.05, 0) is 80.2 Å². The first kappa shape index (κ1) is 23.7. The summed E-state index contributed by atoms with van der Waals surface area (Å²) in [6, 6.07) is 6.07. The SMILES string of the molecule is Cc1cc2cc(CN(CCCO)C(=S)NCCCN3CCOCC3)c(=O)[nH]c2cc1C. The summed E-state index contributed by atoms with van der Waals surface area (Å²) in [7, 11) is 0. The molecule has 1 fully saturated rings. The second-order valence-corrected chi connectivity index (χ2v) is 8.57. The summed E-state index contributed by atoms with van der Waals surface area (Å²) in [5.74, 6) is 0. The molecule has 1 aliphatic heterocycles. The van der Waals surface area contributed by atoms with Gasteiger partial charge in [0.15, 0.2) is 5.11 Å². The van der Waals surface area contributed by atoms with E-state index in [0.29, 0.717) is 30.2 Å². The summed E-state index contributed by atoms with van der Waals surface area (Å²) in [6.45, 7) is 10.6. The largest absolute Gasteiger partial charge is 0.396 e. The fourth-order valence-corrected chi connectivity index (χ4v) is 4.05. The fraction of sp³-hybridized carbons (Fsp3) is 0.565. The van der Waals surface area contributed by atoms with Crippen LogP contribution in [0.15, 0.2) is 23.0 Å². The molecule has 7 nitrogen and oxygen atoms in total. The molecule has 0 aliphatic carbocycles. The number of hydrogen-bond acceptors (Lipinski definition) is 5. The van der Waals surface area contributed by atoms with Crippen LogP contribution in [0.3, 0.4) is 0 Å². The molecule has 0 bridgehead atoms. The average molecular weight is 447 g/mol. The molecule has 1 saturated heterocycles. The first-order valence-corrected chi connectivity index (χ1v) is 11.5. The van der Waals surface area contributed by atoms with Crippen LogP contribution in [0.2, 0.25) is 0 Å². The van der Waals surface area contributed by atoms with Crippen molar-refractivity contribution in [3.05, 3.63) is 45.2 Å². The molecule has 1 aromatic heterocycles. The number of aliphatic hydroxyl groups excluding tert-OH is 1. The smallest absolute Gasteiger partial charge is 0.253 e. The zero-order valence-electron chi connectivity index (χ0n) is 18.6. The number of benzene rings is 1. The number of aliphatic hydroxyl groups is 1. The van der Waals surface area contributed by atoms with Crippen molar-refractivity contribution in [3.63, 3.8) is 0 Å². The third-order valence-corrected chi connectivity index (χ3v) is 6.20. The number of aromatic amines is 1. The van der Waals surface area contributed by atoms with Crippen LogP contribution in [0.4, 0.5) is 0 Å². The zero-order chi connectivity index (χ0) is 22.2. The van der Waals surface area contributed by atoms with Gasteiger partial charge in [0.1, 0.15) is 0 Å². The van der Waals surface area contributed by atoms with Crippen molar-refractivity contribution in [1.29, 1.82) is 0 Å². The van der Waals surface area contributed by atoms with Crippen LogP contribution < -0.4 is 10.9 Å². The number of pyridine rings is 1. The Balaban J connectivity index is 1.63. The molecular formula is C23H34N4O3S. The van der Waals surface area contributed by atoms with Crippen LogP contribution in [0, 0.1) is 13.8 Å². The highest BCUT2D eigenvalue weighted by Gasteiger charge is 2.14. The van der Waals surface area contributed by atoms with Gasteiger partial charge in [-0.2, -0.15) is 0 Å². The zero-order valence-corrected chi connectivity index (χ0v) is 19.4. The molecule has 1 aliphatic rings. The topological polar surface area (TPSA) is 80.8 Å². The summed E-state index contributed by atoms with van der Waals surface area (Å²) in [5.41, 5.74) is 3.77. The highest BCUT2D eigenvalue weighted by Crippen LogP contribution is 2.18. The molecule has 0 spiro atoms. The lowest BCUT2D eigenvalue weighted by Crippen LogP contribution is -2.42. The number of H-pyrrole nitrogens is 1. The van der Waals surface area contributed by atoms with Crippen molar-refractivity contribution in [2.75, 3.05) is 52.5 Å². The molecule has 0 radical (unpaired) electrons. The second kappa shape index (κ2) is 11.6. The molecule has 1 aromatic carbocycles. The Morgan fingerprint density at radius 2 is 1.97 bits per heavy atom. The fourth-order valence-electron chi connectivity index (χ4n) is 3.79. The van der Waals surface area contributed by atoms with E-state index in [1.54, 1.807) is 0 Å². The number of morpholine rings is 1. The van der Waals surface area contributed by atoms with Gasteiger partial charge in [0.25, 0.3) is 5.56 Å². The first-order valence-electron chi connectivity index (χ1n) is 11.0. The van der Waals surface area contributed by atoms with Gasteiger partial charge < -0.3 is 25.0 Å². The normalized spacial score (nSPS) is 14.7. The monoisotopic (exact) mass is 446 g/mol. The standard InChI is InChI=1S/C23H34N4O3S/c1-17-13-19-15-20(22(29)25-21(19)14-18(17)2)16-27(7-4-10-28)23(31)24-5-3-6-26-8-11-30-12-9-26/h13-15,28H,3-12,16H2,1-2H3,(H,24,31)(H,25,29). The van der Waals surface area contributed by atoms with Crippen molar-refractivity contribution in [1.82, 2.24) is 20.1 Å². The van der Waals surface area contributed by atoms with Crippen LogP contribution in [-0.4, -0.2) is 77.5 Å². The van der Waals surface area contributed by atoms with Crippen LogP contribution in [-0.2, 0) is 11.3 Å². The second-order valence-electron chi connectivity index (χ2n) is 8.19. The molecule has 0 unspecified atom stereocenters. The maximum Gasteiger partial charge on any atom is 0.253 e. The highest BCUT2D eigenvalue weighted by molar-refractivity contribution is 7.80. The Kier molecular flexibility index (Phi) is 8.83. The Morgan fingerprint density at radius 1 is 1.23 bits per heavy atom. The maximum atomic E-state index is 12.7. The van der Waals surface area contributed by atoms with E-state index >= 15 is 0 Å². The van der Waals surface area contributed by atoms with Gasteiger partial charge in [-0.25, -0.2) is 0 Å². The van der Waals surface area contributed by atoms with Crippen LogP contribution >= 0.6 is 12.2 Å². The minimum absolute atomic E-state index is 0.0860. The van der Waals surface area contributed by atoms with Gasteiger partial charge in [0.05, 0.1) is 19.8 Å². The van der Waals surface area contributed by atoms with E-state index in [0.717, 1.165) is 62.3 Å². The van der Waals surface area contributed by atoms with Gasteiger partial charge in [0.2, 0.25) is 0 Å². The summed E-state index contributed by atoms with van der Waals surface area (Å²) in [4.78, 5) is 20.1. The number of nitrogens with one attached hydrogen (secondary N) is 2. The molecule has 2 heterocycles. The van der Waals surface area contributed by atoms with Crippen molar-refractivity contribution >= 4 is 28.2 Å². The third kappa shape index (κ3) is 6.74. The molecule has 0 atom stereocenters. The Hall–Kier alpha value is -2.00.